The molecule has 0 saturated carbocycles. The van der Waals surface area contributed by atoms with Crippen molar-refractivity contribution in [2.45, 2.75) is 17.9 Å². The van der Waals surface area contributed by atoms with Crippen LogP contribution < -0.4 is 10.1 Å². The Morgan fingerprint density at radius 3 is 2.52 bits per heavy atom. The molecule has 0 fully saturated rings. The molecule has 3 aromatic carbocycles. The number of thioether (sulfide) groups is 1. The van der Waals surface area contributed by atoms with Gasteiger partial charge in [-0.05, 0) is 42.8 Å². The van der Waals surface area contributed by atoms with E-state index in [4.69, 9.17) is 16.3 Å². The van der Waals surface area contributed by atoms with Crippen LogP contribution in [0, 0.1) is 0 Å². The molecule has 0 bridgehead atoms. The van der Waals surface area contributed by atoms with Gasteiger partial charge in [-0.2, -0.15) is 0 Å². The molecule has 1 amide bonds. The van der Waals surface area contributed by atoms with Crippen LogP contribution in [0.2, 0.25) is 5.02 Å². The van der Waals surface area contributed by atoms with Crippen LogP contribution in [0.5, 0.6) is 5.75 Å². The molecule has 1 unspecified atom stereocenters. The molecule has 4 aromatic rings. The zero-order valence-corrected chi connectivity index (χ0v) is 18.7. The third-order valence-corrected chi connectivity index (χ3v) is 6.24. The lowest BCUT2D eigenvalue weighted by atomic mass is 10.1. The van der Waals surface area contributed by atoms with Crippen molar-refractivity contribution in [3.8, 4) is 17.0 Å². The summed E-state index contributed by atoms with van der Waals surface area (Å²) in [5.41, 5.74) is 3.23. The van der Waals surface area contributed by atoms with Crippen molar-refractivity contribution in [3.05, 3.63) is 83.9 Å². The topological polar surface area (TPSA) is 54.1 Å². The van der Waals surface area contributed by atoms with Gasteiger partial charge in [0.05, 0.1) is 5.69 Å². The van der Waals surface area contributed by atoms with Gasteiger partial charge in [-0.1, -0.05) is 60.1 Å². The number of para-hydroxylation sites is 2. The molecule has 0 saturated heterocycles. The Morgan fingerprint density at radius 2 is 1.74 bits per heavy atom. The maximum absolute atomic E-state index is 12.4. The lowest BCUT2D eigenvalue weighted by Crippen LogP contribution is -2.37. The van der Waals surface area contributed by atoms with Gasteiger partial charge in [-0.15, -0.1) is 11.8 Å². The van der Waals surface area contributed by atoms with Crippen LogP contribution >= 0.6 is 23.4 Å². The number of halogens is 1. The first kappa shape index (κ1) is 21.3. The van der Waals surface area contributed by atoms with E-state index in [-0.39, 0.29) is 5.91 Å². The highest BCUT2D eigenvalue weighted by molar-refractivity contribution is 7.99. The number of carbonyl (C=O) groups excluding carboxylic acids is 1. The number of amides is 1. The van der Waals surface area contributed by atoms with Crippen molar-refractivity contribution in [1.29, 1.82) is 0 Å². The van der Waals surface area contributed by atoms with Crippen LogP contribution in [0.1, 0.15) is 6.92 Å². The number of carbonyl (C=O) groups is 1. The fraction of sp³-hybridized carbons (Fsp3) is 0.160. The first-order chi connectivity index (χ1) is 15.1. The Labute approximate surface area is 191 Å². The summed E-state index contributed by atoms with van der Waals surface area (Å²) in [4.78, 5) is 17.1. The minimum absolute atomic E-state index is 0.124. The molecule has 0 spiro atoms. The molecule has 0 aliphatic carbocycles. The molecule has 0 aliphatic heterocycles. The van der Waals surface area contributed by atoms with E-state index >= 15 is 0 Å². The van der Waals surface area contributed by atoms with Crippen molar-refractivity contribution in [1.82, 2.24) is 10.3 Å². The third kappa shape index (κ3) is 5.24. The number of nitrogens with one attached hydrogen (secondary N) is 2. The van der Waals surface area contributed by atoms with E-state index in [0.717, 1.165) is 22.5 Å². The van der Waals surface area contributed by atoms with Gasteiger partial charge in [0.1, 0.15) is 5.75 Å². The first-order valence-electron chi connectivity index (χ1n) is 10.1. The molecule has 4 rings (SSSR count). The Morgan fingerprint density at radius 1 is 1.03 bits per heavy atom. The van der Waals surface area contributed by atoms with Crippen LogP contribution in [-0.4, -0.2) is 29.3 Å². The number of hydrogen-bond donors (Lipinski definition) is 2. The lowest BCUT2D eigenvalue weighted by molar-refractivity contribution is -0.127. The number of rotatable bonds is 8. The summed E-state index contributed by atoms with van der Waals surface area (Å²) >= 11 is 7.78. The minimum Gasteiger partial charge on any atom is -0.481 e. The van der Waals surface area contributed by atoms with E-state index in [2.05, 4.69) is 22.4 Å². The number of hydrogen-bond acceptors (Lipinski definition) is 3. The zero-order valence-electron chi connectivity index (χ0n) is 17.1. The van der Waals surface area contributed by atoms with Gasteiger partial charge in [0, 0.05) is 33.1 Å². The van der Waals surface area contributed by atoms with Crippen LogP contribution in [0.15, 0.2) is 83.8 Å². The standard InChI is InChI=1S/C25H23ClN2O2S/c1-17(30-20-7-3-2-4-8-20)25(29)27-15-16-31-24-21-9-5-6-10-22(21)28-23(24)18-11-13-19(26)14-12-18/h2-14,17,28H,15-16H2,1H3,(H,27,29). The van der Waals surface area contributed by atoms with Gasteiger partial charge in [0.15, 0.2) is 6.10 Å². The van der Waals surface area contributed by atoms with Crippen LogP contribution in [-0.2, 0) is 4.79 Å². The van der Waals surface area contributed by atoms with Gasteiger partial charge in [-0.25, -0.2) is 0 Å². The molecule has 2 N–H and O–H groups in total. The van der Waals surface area contributed by atoms with E-state index in [1.807, 2.05) is 66.7 Å². The number of aromatic nitrogens is 1. The summed E-state index contributed by atoms with van der Waals surface area (Å²) in [6.07, 6.45) is -0.551. The third-order valence-electron chi connectivity index (χ3n) is 4.86. The summed E-state index contributed by atoms with van der Waals surface area (Å²) in [6, 6.07) is 25.4. The maximum atomic E-state index is 12.4. The number of aromatic amines is 1. The van der Waals surface area contributed by atoms with E-state index in [1.165, 1.54) is 10.3 Å². The van der Waals surface area contributed by atoms with E-state index in [0.29, 0.717) is 17.3 Å². The van der Waals surface area contributed by atoms with Gasteiger partial charge >= 0.3 is 0 Å². The van der Waals surface area contributed by atoms with Gasteiger partial charge in [0.25, 0.3) is 5.91 Å². The first-order valence-corrected chi connectivity index (χ1v) is 11.5. The van der Waals surface area contributed by atoms with E-state index in [1.54, 1.807) is 18.7 Å². The highest BCUT2D eigenvalue weighted by Crippen LogP contribution is 2.37. The predicted molar refractivity (Wildman–Crippen MR) is 129 cm³/mol. The number of benzene rings is 3. The van der Waals surface area contributed by atoms with Gasteiger partial charge < -0.3 is 15.0 Å². The second-order valence-electron chi connectivity index (χ2n) is 7.09. The summed E-state index contributed by atoms with van der Waals surface area (Å²) in [6.45, 7) is 2.30. The maximum Gasteiger partial charge on any atom is 0.260 e. The normalized spacial score (nSPS) is 11.9. The molecule has 31 heavy (non-hydrogen) atoms. The highest BCUT2D eigenvalue weighted by Gasteiger charge is 2.16. The fourth-order valence-corrected chi connectivity index (χ4v) is 4.49. The number of fused-ring (bicyclic) bond motifs is 1. The van der Waals surface area contributed by atoms with Crippen molar-refractivity contribution in [3.63, 3.8) is 0 Å². The molecule has 158 valence electrons. The van der Waals surface area contributed by atoms with E-state index < -0.39 is 6.10 Å². The van der Waals surface area contributed by atoms with Crippen molar-refractivity contribution in [2.24, 2.45) is 0 Å². The average molecular weight is 451 g/mol. The Bertz CT molecular complexity index is 1160. The largest absolute Gasteiger partial charge is 0.481 e. The smallest absolute Gasteiger partial charge is 0.260 e. The molecule has 1 atom stereocenters. The van der Waals surface area contributed by atoms with Crippen LogP contribution in [0.4, 0.5) is 0 Å². The second-order valence-corrected chi connectivity index (χ2v) is 8.64. The number of ether oxygens (including phenoxy) is 1. The van der Waals surface area contributed by atoms with Crippen molar-refractivity contribution >= 4 is 40.2 Å². The quantitative estimate of drug-likeness (QED) is 0.249. The van der Waals surface area contributed by atoms with Crippen molar-refractivity contribution in [2.75, 3.05) is 12.3 Å². The summed E-state index contributed by atoms with van der Waals surface area (Å²) in [7, 11) is 0. The summed E-state index contributed by atoms with van der Waals surface area (Å²) < 4.78 is 5.69. The fourth-order valence-electron chi connectivity index (χ4n) is 3.31. The molecule has 0 aliphatic rings. The van der Waals surface area contributed by atoms with Gasteiger partial charge in [-0.3, -0.25) is 4.79 Å². The molecule has 4 nitrogen and oxygen atoms in total. The Balaban J connectivity index is 1.40. The molecular weight excluding hydrogens is 428 g/mol. The summed E-state index contributed by atoms with van der Waals surface area (Å²) in [5, 5.41) is 4.85. The monoisotopic (exact) mass is 450 g/mol. The number of H-pyrrole nitrogens is 1. The Hall–Kier alpha value is -2.89. The summed E-state index contributed by atoms with van der Waals surface area (Å²) in [5.74, 6) is 1.30. The Kier molecular flexibility index (Phi) is 6.85. The predicted octanol–water partition coefficient (Wildman–Crippen LogP) is 6.16. The van der Waals surface area contributed by atoms with Gasteiger partial charge in [0.2, 0.25) is 0 Å². The highest BCUT2D eigenvalue weighted by atomic mass is 35.5. The average Bonchev–Trinajstić information content (AvgIpc) is 3.16. The zero-order chi connectivity index (χ0) is 21.6. The second kappa shape index (κ2) is 9.94. The molecule has 0 radical (unpaired) electrons. The minimum atomic E-state index is -0.551. The molecule has 6 heteroatoms. The lowest BCUT2D eigenvalue weighted by Gasteiger charge is -2.14. The van der Waals surface area contributed by atoms with Crippen molar-refractivity contribution < 1.29 is 9.53 Å². The molecular formula is C25H23ClN2O2S. The van der Waals surface area contributed by atoms with E-state index in [9.17, 15) is 4.79 Å². The molecule has 1 aromatic heterocycles. The molecule has 1 heterocycles. The van der Waals surface area contributed by atoms with Crippen LogP contribution in [0.25, 0.3) is 22.2 Å². The van der Waals surface area contributed by atoms with Crippen LogP contribution in [0.3, 0.4) is 0 Å². The SMILES string of the molecule is CC(Oc1ccccc1)C(=O)NCCSc1c(-c2ccc(Cl)cc2)[nH]c2ccccc12.